The van der Waals surface area contributed by atoms with Gasteiger partial charge in [0.25, 0.3) is 5.91 Å². The molecule has 1 saturated heterocycles. The number of hydrogen-bond donors (Lipinski definition) is 1. The lowest BCUT2D eigenvalue weighted by Crippen LogP contribution is -2.36. The van der Waals surface area contributed by atoms with E-state index in [0.717, 1.165) is 15.6 Å². The van der Waals surface area contributed by atoms with E-state index in [1.807, 2.05) is 66.1 Å². The van der Waals surface area contributed by atoms with Crippen LogP contribution in [0.3, 0.4) is 0 Å². The van der Waals surface area contributed by atoms with Crippen LogP contribution in [0.15, 0.2) is 64.9 Å². The van der Waals surface area contributed by atoms with Crippen LogP contribution in [0.2, 0.25) is 0 Å². The summed E-state index contributed by atoms with van der Waals surface area (Å²) in [6.07, 6.45) is 1.81. The van der Waals surface area contributed by atoms with Gasteiger partial charge in [-0.05, 0) is 40.4 Å². The molecule has 27 heavy (non-hydrogen) atoms. The first-order valence-corrected chi connectivity index (χ1v) is 10.3. The lowest BCUT2D eigenvalue weighted by atomic mass is 10.1. The van der Waals surface area contributed by atoms with E-state index in [1.165, 1.54) is 16.7 Å². The number of carbonyl (C=O) groups is 2. The van der Waals surface area contributed by atoms with Gasteiger partial charge in [0.05, 0.1) is 4.91 Å². The number of carbonyl (C=O) groups excluding carboxylic acids is 2. The van der Waals surface area contributed by atoms with Gasteiger partial charge >= 0.3 is 0 Å². The van der Waals surface area contributed by atoms with Gasteiger partial charge in [0.1, 0.15) is 10.9 Å². The number of amides is 2. The Hall–Kier alpha value is -2.48. The molecule has 2 aromatic carbocycles. The Morgan fingerprint density at radius 1 is 1.11 bits per heavy atom. The number of thiophene rings is 1. The summed E-state index contributed by atoms with van der Waals surface area (Å²) < 4.78 is 0.400. The monoisotopic (exact) mass is 410 g/mol. The molecule has 1 aliphatic heterocycles. The zero-order valence-corrected chi connectivity index (χ0v) is 16.5. The highest BCUT2D eigenvalue weighted by Gasteiger charge is 2.33. The molecule has 2 amide bonds. The fourth-order valence-corrected chi connectivity index (χ4v) is 4.73. The van der Waals surface area contributed by atoms with Crippen LogP contribution in [0.4, 0.5) is 5.69 Å². The molecule has 2 heterocycles. The van der Waals surface area contributed by atoms with Gasteiger partial charge in [-0.1, -0.05) is 60.4 Å². The van der Waals surface area contributed by atoms with E-state index in [0.29, 0.717) is 14.9 Å². The van der Waals surface area contributed by atoms with Gasteiger partial charge in [-0.3, -0.25) is 14.5 Å². The number of nitrogens with zero attached hydrogens (tertiary/aromatic N) is 1. The third-order valence-electron chi connectivity index (χ3n) is 4.03. The van der Waals surface area contributed by atoms with E-state index < -0.39 is 0 Å². The van der Waals surface area contributed by atoms with E-state index >= 15 is 0 Å². The van der Waals surface area contributed by atoms with Crippen LogP contribution >= 0.6 is 35.3 Å². The van der Waals surface area contributed by atoms with Gasteiger partial charge < -0.3 is 5.32 Å². The topological polar surface area (TPSA) is 49.4 Å². The molecule has 1 aromatic heterocycles. The molecule has 134 valence electrons. The summed E-state index contributed by atoms with van der Waals surface area (Å²) in [5.41, 5.74) is 0.693. The van der Waals surface area contributed by atoms with E-state index in [-0.39, 0.29) is 18.4 Å². The van der Waals surface area contributed by atoms with Crippen molar-refractivity contribution in [1.82, 2.24) is 4.90 Å². The number of thiocarbonyl (C=S) groups is 1. The molecule has 0 saturated carbocycles. The summed E-state index contributed by atoms with van der Waals surface area (Å²) in [5, 5.41) is 6.94. The Morgan fingerprint density at radius 2 is 1.93 bits per heavy atom. The summed E-state index contributed by atoms with van der Waals surface area (Å²) in [6, 6.07) is 17.5. The zero-order valence-electron chi connectivity index (χ0n) is 14.0. The molecule has 1 N–H and O–H groups in total. The second kappa shape index (κ2) is 7.64. The van der Waals surface area contributed by atoms with E-state index in [2.05, 4.69) is 5.32 Å². The van der Waals surface area contributed by atoms with E-state index in [4.69, 9.17) is 12.2 Å². The SMILES string of the molecule is O=C(CN1C(=O)/C(=C\c2cccs2)SC1=S)Nc1ccc2ccccc2c1. The molecule has 0 radical (unpaired) electrons. The van der Waals surface area contributed by atoms with E-state index in [9.17, 15) is 9.59 Å². The summed E-state index contributed by atoms with van der Waals surface area (Å²) in [7, 11) is 0. The van der Waals surface area contributed by atoms with Crippen LogP contribution < -0.4 is 5.32 Å². The Balaban J connectivity index is 1.45. The third-order valence-corrected chi connectivity index (χ3v) is 6.22. The van der Waals surface area contributed by atoms with Gasteiger partial charge in [-0.2, -0.15) is 0 Å². The van der Waals surface area contributed by atoms with E-state index in [1.54, 1.807) is 11.3 Å². The van der Waals surface area contributed by atoms with Crippen molar-refractivity contribution in [3.05, 3.63) is 69.8 Å². The number of thioether (sulfide) groups is 1. The first kappa shape index (κ1) is 17.9. The minimum absolute atomic E-state index is 0.0979. The Labute approximate surface area is 169 Å². The summed E-state index contributed by atoms with van der Waals surface area (Å²) in [6.45, 7) is -0.0979. The standard InChI is InChI=1S/C20H14N2O2S3/c23-18(21-15-8-7-13-4-1-2-5-14(13)10-15)12-22-19(24)17(27-20(22)25)11-16-6-3-9-26-16/h1-11H,12H2,(H,21,23)/b17-11+. The van der Waals surface area contributed by atoms with Crippen molar-refractivity contribution < 1.29 is 9.59 Å². The fraction of sp³-hybridized carbons (Fsp3) is 0.0500. The molecule has 0 unspecified atom stereocenters. The Morgan fingerprint density at radius 3 is 2.70 bits per heavy atom. The molecule has 0 bridgehead atoms. The second-order valence-electron chi connectivity index (χ2n) is 5.89. The van der Waals surface area contributed by atoms with Crippen LogP contribution in [0.1, 0.15) is 4.88 Å². The number of nitrogens with one attached hydrogen (secondary N) is 1. The lowest BCUT2D eigenvalue weighted by molar-refractivity contribution is -0.126. The Kier molecular flexibility index (Phi) is 5.07. The van der Waals surface area contributed by atoms with Gasteiger partial charge in [0, 0.05) is 10.6 Å². The molecule has 1 fully saturated rings. The number of anilines is 1. The predicted molar refractivity (Wildman–Crippen MR) is 117 cm³/mol. The van der Waals surface area contributed by atoms with Gasteiger partial charge in [0.15, 0.2) is 0 Å². The molecular weight excluding hydrogens is 396 g/mol. The molecule has 0 spiro atoms. The highest BCUT2D eigenvalue weighted by molar-refractivity contribution is 8.26. The number of hydrogen-bond acceptors (Lipinski definition) is 5. The average Bonchev–Trinajstić information content (AvgIpc) is 3.26. The maximum absolute atomic E-state index is 12.6. The van der Waals surface area contributed by atoms with Crippen LogP contribution in [0, 0.1) is 0 Å². The summed E-state index contributed by atoms with van der Waals surface area (Å²) in [4.78, 5) is 27.9. The van der Waals surface area contributed by atoms with Crippen molar-refractivity contribution in [1.29, 1.82) is 0 Å². The molecule has 3 aromatic rings. The van der Waals surface area contributed by atoms with Crippen molar-refractivity contribution in [2.75, 3.05) is 11.9 Å². The lowest BCUT2D eigenvalue weighted by Gasteiger charge is -2.14. The van der Waals surface area contributed by atoms with Crippen molar-refractivity contribution in [3.8, 4) is 0 Å². The van der Waals surface area contributed by atoms with Crippen molar-refractivity contribution >= 4 is 74.0 Å². The number of benzene rings is 2. The van der Waals surface area contributed by atoms with Gasteiger partial charge in [-0.15, -0.1) is 11.3 Å². The molecule has 4 rings (SSSR count). The van der Waals surface area contributed by atoms with Crippen LogP contribution in [-0.4, -0.2) is 27.6 Å². The molecule has 7 heteroatoms. The quantitative estimate of drug-likeness (QED) is 0.499. The molecule has 1 aliphatic rings. The fourth-order valence-electron chi connectivity index (χ4n) is 2.75. The van der Waals surface area contributed by atoms with Crippen molar-refractivity contribution in [2.45, 2.75) is 0 Å². The normalized spacial score (nSPS) is 15.7. The molecule has 4 nitrogen and oxygen atoms in total. The highest BCUT2D eigenvalue weighted by atomic mass is 32.2. The first-order chi connectivity index (χ1) is 13.1. The van der Waals surface area contributed by atoms with Crippen LogP contribution in [0.25, 0.3) is 16.8 Å². The summed E-state index contributed by atoms with van der Waals surface area (Å²) in [5.74, 6) is -0.508. The summed E-state index contributed by atoms with van der Waals surface area (Å²) >= 11 is 8.06. The Bertz CT molecular complexity index is 1070. The minimum atomic E-state index is -0.279. The molecule has 0 atom stereocenters. The number of fused-ring (bicyclic) bond motifs is 1. The van der Waals surface area contributed by atoms with Crippen molar-refractivity contribution in [2.24, 2.45) is 0 Å². The number of rotatable bonds is 4. The first-order valence-electron chi connectivity index (χ1n) is 8.18. The largest absolute Gasteiger partial charge is 0.325 e. The highest BCUT2D eigenvalue weighted by Crippen LogP contribution is 2.33. The van der Waals surface area contributed by atoms with Crippen LogP contribution in [0.5, 0.6) is 0 Å². The maximum atomic E-state index is 12.6. The molecule has 0 aliphatic carbocycles. The van der Waals surface area contributed by atoms with Gasteiger partial charge in [-0.25, -0.2) is 0 Å². The molecular formula is C20H14N2O2S3. The van der Waals surface area contributed by atoms with Crippen molar-refractivity contribution in [3.63, 3.8) is 0 Å². The third kappa shape index (κ3) is 3.95. The minimum Gasteiger partial charge on any atom is -0.325 e. The zero-order chi connectivity index (χ0) is 18.8. The van der Waals surface area contributed by atoms with Crippen LogP contribution in [-0.2, 0) is 9.59 Å². The smallest absolute Gasteiger partial charge is 0.266 e. The second-order valence-corrected chi connectivity index (χ2v) is 8.55. The average molecular weight is 411 g/mol. The van der Waals surface area contributed by atoms with Gasteiger partial charge in [0.2, 0.25) is 5.91 Å². The maximum Gasteiger partial charge on any atom is 0.266 e. The predicted octanol–water partition coefficient (Wildman–Crippen LogP) is 4.74.